The normalized spacial score (nSPS) is 13.1. The van der Waals surface area contributed by atoms with Gasteiger partial charge in [-0.1, -0.05) is 251 Å². The van der Waals surface area contributed by atoms with Gasteiger partial charge in [0.25, 0.3) is 0 Å². The standard InChI is InChI=1S/C67H108O6/c1-4-7-10-13-16-18-20-22-24-26-28-30-31-32-33-34-35-37-38-40-42-44-46-48-51-54-57-60-66(69)72-63-64(62-71-65(68)59-56-53-50-15-12-9-6-3)73-67(70)61-58-55-52-49-47-45-43-41-39-36-29-27-25-23-21-19-17-14-11-8-5-2/h7-8,10-11,16-19,22-25,28-30,32-33,36,41,43,47,49,64H,4-6,9,12-15,20-21,26-27,31,34-35,37-40,42,44-46,48,50-63H2,1-3H3/b10-7-,11-8-,18-16-,19-17-,24-22-,25-23-,30-28-,33-32-,36-29-,43-41-,49-47-. The van der Waals surface area contributed by atoms with E-state index in [0.29, 0.717) is 19.3 Å². The van der Waals surface area contributed by atoms with Gasteiger partial charge in [-0.3, -0.25) is 14.4 Å². The van der Waals surface area contributed by atoms with Crippen LogP contribution in [-0.2, 0) is 28.6 Å². The number of rotatable bonds is 52. The molecule has 0 aliphatic rings. The van der Waals surface area contributed by atoms with E-state index in [1.54, 1.807) is 0 Å². The van der Waals surface area contributed by atoms with Gasteiger partial charge in [-0.05, 0) is 116 Å². The van der Waals surface area contributed by atoms with Crippen molar-refractivity contribution in [3.8, 4) is 0 Å². The van der Waals surface area contributed by atoms with Crippen molar-refractivity contribution in [2.24, 2.45) is 0 Å². The van der Waals surface area contributed by atoms with E-state index in [0.717, 1.165) is 122 Å². The van der Waals surface area contributed by atoms with Gasteiger partial charge in [-0.15, -0.1) is 0 Å². The van der Waals surface area contributed by atoms with E-state index in [-0.39, 0.29) is 37.5 Å². The van der Waals surface area contributed by atoms with Gasteiger partial charge in [0, 0.05) is 19.3 Å². The third-order valence-corrected chi connectivity index (χ3v) is 12.2. The van der Waals surface area contributed by atoms with E-state index in [4.69, 9.17) is 14.2 Å². The molecule has 0 aromatic rings. The van der Waals surface area contributed by atoms with Crippen LogP contribution < -0.4 is 0 Å². The third-order valence-electron chi connectivity index (χ3n) is 12.2. The van der Waals surface area contributed by atoms with E-state index in [2.05, 4.69) is 154 Å². The summed E-state index contributed by atoms with van der Waals surface area (Å²) in [5, 5.41) is 0. The molecule has 0 spiro atoms. The Labute approximate surface area is 449 Å². The zero-order chi connectivity index (χ0) is 52.9. The van der Waals surface area contributed by atoms with Gasteiger partial charge in [0.05, 0.1) is 0 Å². The molecule has 0 saturated carbocycles. The molecule has 0 aliphatic heterocycles. The summed E-state index contributed by atoms with van der Waals surface area (Å²) in [5.41, 5.74) is 0. The molecule has 1 atom stereocenters. The van der Waals surface area contributed by atoms with Gasteiger partial charge >= 0.3 is 17.9 Å². The van der Waals surface area contributed by atoms with Crippen molar-refractivity contribution >= 4 is 17.9 Å². The zero-order valence-corrected chi connectivity index (χ0v) is 47.1. The lowest BCUT2D eigenvalue weighted by atomic mass is 10.0. The largest absolute Gasteiger partial charge is 0.462 e. The Kier molecular flexibility index (Phi) is 56.4. The molecular weight excluding hydrogens is 901 g/mol. The van der Waals surface area contributed by atoms with Gasteiger partial charge in [0.15, 0.2) is 6.10 Å². The number of carbonyl (C=O) groups excluding carboxylic acids is 3. The second-order valence-electron chi connectivity index (χ2n) is 19.1. The molecule has 0 heterocycles. The number of carbonyl (C=O) groups is 3. The van der Waals surface area contributed by atoms with Crippen LogP contribution in [0.15, 0.2) is 134 Å². The van der Waals surface area contributed by atoms with Gasteiger partial charge < -0.3 is 14.2 Å². The van der Waals surface area contributed by atoms with Gasteiger partial charge in [-0.25, -0.2) is 0 Å². The van der Waals surface area contributed by atoms with Crippen molar-refractivity contribution in [3.63, 3.8) is 0 Å². The molecule has 0 amide bonds. The predicted molar refractivity (Wildman–Crippen MR) is 316 cm³/mol. The maximum atomic E-state index is 12.8. The Balaban J connectivity index is 4.26. The van der Waals surface area contributed by atoms with E-state index in [9.17, 15) is 14.4 Å². The van der Waals surface area contributed by atoms with Crippen molar-refractivity contribution in [1.29, 1.82) is 0 Å². The van der Waals surface area contributed by atoms with Crippen LogP contribution in [0, 0.1) is 0 Å². The van der Waals surface area contributed by atoms with Crippen LogP contribution in [0.4, 0.5) is 0 Å². The number of esters is 3. The van der Waals surface area contributed by atoms with Crippen LogP contribution in [0.2, 0.25) is 0 Å². The minimum Gasteiger partial charge on any atom is -0.462 e. The SMILES string of the molecule is CC/C=C\C/C=C\C/C=C\C/C=C\C/C=C\C/C=C\CCCCC(=O)OC(COC(=O)CCCCCCCCC)COC(=O)CCCCCCCCCCCCC/C=C\C/C=C\C/C=C\C/C=C\C/C=C\CC. The molecule has 0 saturated heterocycles. The summed E-state index contributed by atoms with van der Waals surface area (Å²) >= 11 is 0. The molecule has 0 aromatic heterocycles. The first-order chi connectivity index (χ1) is 36.0. The third kappa shape index (κ3) is 58.3. The van der Waals surface area contributed by atoms with E-state index in [1.165, 1.54) is 83.5 Å². The van der Waals surface area contributed by atoms with Gasteiger partial charge in [0.2, 0.25) is 0 Å². The molecule has 0 N–H and O–H groups in total. The molecular formula is C67H108O6. The van der Waals surface area contributed by atoms with Crippen LogP contribution >= 0.6 is 0 Å². The lowest BCUT2D eigenvalue weighted by molar-refractivity contribution is -0.167. The van der Waals surface area contributed by atoms with Crippen molar-refractivity contribution in [2.75, 3.05) is 13.2 Å². The first-order valence-electron chi connectivity index (χ1n) is 29.7. The Morgan fingerprint density at radius 1 is 0.288 bits per heavy atom. The monoisotopic (exact) mass is 1010 g/mol. The number of allylic oxidation sites excluding steroid dienone is 22. The Bertz CT molecular complexity index is 1580. The minimum atomic E-state index is -0.804. The van der Waals surface area contributed by atoms with Crippen LogP contribution in [0.1, 0.15) is 252 Å². The zero-order valence-electron chi connectivity index (χ0n) is 47.1. The molecule has 0 rings (SSSR count). The first kappa shape index (κ1) is 68.6. The maximum Gasteiger partial charge on any atom is 0.306 e. The highest BCUT2D eigenvalue weighted by Crippen LogP contribution is 2.15. The summed E-state index contributed by atoms with van der Waals surface area (Å²) in [5.74, 6) is -0.956. The van der Waals surface area contributed by atoms with Crippen LogP contribution in [0.3, 0.4) is 0 Å². The van der Waals surface area contributed by atoms with Gasteiger partial charge in [0.1, 0.15) is 13.2 Å². The summed E-state index contributed by atoms with van der Waals surface area (Å²) in [6.07, 6.45) is 84.7. The van der Waals surface area contributed by atoms with E-state index < -0.39 is 6.10 Å². The number of unbranched alkanes of at least 4 members (excludes halogenated alkanes) is 19. The predicted octanol–water partition coefficient (Wildman–Crippen LogP) is 20.2. The summed E-state index contributed by atoms with van der Waals surface area (Å²) < 4.78 is 16.8. The maximum absolute atomic E-state index is 12.8. The lowest BCUT2D eigenvalue weighted by Crippen LogP contribution is -2.30. The lowest BCUT2D eigenvalue weighted by Gasteiger charge is -2.18. The highest BCUT2D eigenvalue weighted by Gasteiger charge is 2.19. The molecule has 6 heteroatoms. The summed E-state index contributed by atoms with van der Waals surface area (Å²) in [6.45, 7) is 6.32. The highest BCUT2D eigenvalue weighted by atomic mass is 16.6. The first-order valence-corrected chi connectivity index (χ1v) is 29.7. The smallest absolute Gasteiger partial charge is 0.306 e. The van der Waals surface area contributed by atoms with E-state index >= 15 is 0 Å². The Morgan fingerprint density at radius 2 is 0.534 bits per heavy atom. The van der Waals surface area contributed by atoms with Crippen molar-refractivity contribution in [2.45, 2.75) is 258 Å². The molecule has 0 fully saturated rings. The molecule has 1 unspecified atom stereocenters. The number of ether oxygens (including phenoxy) is 3. The average molecular weight is 1010 g/mol. The fraction of sp³-hybridized carbons (Fsp3) is 0.627. The molecule has 0 aromatic carbocycles. The quantitative estimate of drug-likeness (QED) is 0.0261. The van der Waals surface area contributed by atoms with Gasteiger partial charge in [-0.2, -0.15) is 0 Å². The molecule has 6 nitrogen and oxygen atoms in total. The fourth-order valence-corrected chi connectivity index (χ4v) is 7.77. The van der Waals surface area contributed by atoms with Crippen molar-refractivity contribution in [3.05, 3.63) is 134 Å². The second kappa shape index (κ2) is 60.1. The summed E-state index contributed by atoms with van der Waals surface area (Å²) in [4.78, 5) is 38.0. The molecule has 0 bridgehead atoms. The van der Waals surface area contributed by atoms with E-state index in [1.807, 2.05) is 0 Å². The van der Waals surface area contributed by atoms with Crippen molar-refractivity contribution < 1.29 is 28.6 Å². The number of hydrogen-bond acceptors (Lipinski definition) is 6. The van der Waals surface area contributed by atoms with Crippen LogP contribution in [-0.4, -0.2) is 37.2 Å². The summed E-state index contributed by atoms with van der Waals surface area (Å²) in [6, 6.07) is 0. The van der Waals surface area contributed by atoms with Crippen LogP contribution in [0.25, 0.3) is 0 Å². The fourth-order valence-electron chi connectivity index (χ4n) is 7.77. The average Bonchev–Trinajstić information content (AvgIpc) is 3.39. The minimum absolute atomic E-state index is 0.0992. The summed E-state index contributed by atoms with van der Waals surface area (Å²) in [7, 11) is 0. The van der Waals surface area contributed by atoms with Crippen LogP contribution in [0.5, 0.6) is 0 Å². The Hall–Kier alpha value is -4.45. The highest BCUT2D eigenvalue weighted by molar-refractivity contribution is 5.71. The second-order valence-corrected chi connectivity index (χ2v) is 19.1. The molecule has 0 aliphatic carbocycles. The van der Waals surface area contributed by atoms with Crippen molar-refractivity contribution in [1.82, 2.24) is 0 Å². The molecule has 0 radical (unpaired) electrons. The molecule has 73 heavy (non-hydrogen) atoms. The Morgan fingerprint density at radius 3 is 0.863 bits per heavy atom. The topological polar surface area (TPSA) is 78.9 Å². The number of hydrogen-bond donors (Lipinski definition) is 0. The molecule has 412 valence electrons.